The minimum atomic E-state index is -0.228. The molecule has 1 aromatic carbocycles. The van der Waals surface area contributed by atoms with E-state index in [1.807, 2.05) is 64.1 Å². The van der Waals surface area contributed by atoms with Crippen molar-refractivity contribution in [2.45, 2.75) is 46.4 Å². The van der Waals surface area contributed by atoms with E-state index in [0.29, 0.717) is 6.54 Å². The van der Waals surface area contributed by atoms with E-state index in [1.165, 1.54) is 0 Å². The molecule has 2 N–H and O–H groups in total. The quantitative estimate of drug-likeness (QED) is 0.848. The van der Waals surface area contributed by atoms with E-state index in [0.717, 1.165) is 22.8 Å². The van der Waals surface area contributed by atoms with E-state index in [4.69, 9.17) is 9.15 Å². The third-order valence-corrected chi connectivity index (χ3v) is 3.28. The van der Waals surface area contributed by atoms with Crippen molar-refractivity contribution >= 4 is 6.03 Å². The molecule has 0 saturated carbocycles. The molecule has 2 rings (SSSR count). The van der Waals surface area contributed by atoms with Gasteiger partial charge in [0.2, 0.25) is 0 Å². The number of furan rings is 1. The minimum Gasteiger partial charge on any atom is -0.491 e. The first kappa shape index (κ1) is 16.9. The summed E-state index contributed by atoms with van der Waals surface area (Å²) < 4.78 is 11.1. The second-order valence-electron chi connectivity index (χ2n) is 5.81. The molecule has 0 aliphatic heterocycles. The van der Waals surface area contributed by atoms with Gasteiger partial charge in [0.1, 0.15) is 17.3 Å². The number of benzene rings is 1. The Balaban J connectivity index is 1.79. The molecular weight excluding hydrogens is 292 g/mol. The maximum atomic E-state index is 11.9. The molecule has 2 aromatic rings. The van der Waals surface area contributed by atoms with Gasteiger partial charge in [-0.15, -0.1) is 0 Å². The van der Waals surface area contributed by atoms with Crippen LogP contribution in [0.1, 0.15) is 43.9 Å². The molecule has 0 aliphatic rings. The maximum absolute atomic E-state index is 11.9. The van der Waals surface area contributed by atoms with Gasteiger partial charge in [-0.05, 0) is 57.5 Å². The SMILES string of the molecule is Cc1ccc(C(C)NC(=O)NCc2ccc(OC(C)C)cc2)o1. The van der Waals surface area contributed by atoms with Crippen molar-refractivity contribution < 1.29 is 13.9 Å². The molecule has 1 heterocycles. The van der Waals surface area contributed by atoms with Crippen LogP contribution in [0, 0.1) is 6.92 Å². The molecule has 0 radical (unpaired) electrons. The lowest BCUT2D eigenvalue weighted by Crippen LogP contribution is -2.36. The minimum absolute atomic E-state index is 0.150. The first-order valence-electron chi connectivity index (χ1n) is 7.80. The number of ether oxygens (including phenoxy) is 1. The zero-order valence-electron chi connectivity index (χ0n) is 14.1. The summed E-state index contributed by atoms with van der Waals surface area (Å²) in [5, 5.41) is 5.68. The lowest BCUT2D eigenvalue weighted by molar-refractivity contribution is 0.235. The predicted molar refractivity (Wildman–Crippen MR) is 89.4 cm³/mol. The normalized spacial score (nSPS) is 12.0. The van der Waals surface area contributed by atoms with Crippen LogP contribution in [0.2, 0.25) is 0 Å². The fourth-order valence-electron chi connectivity index (χ4n) is 2.15. The van der Waals surface area contributed by atoms with Crippen LogP contribution in [0.3, 0.4) is 0 Å². The first-order valence-corrected chi connectivity index (χ1v) is 7.80. The van der Waals surface area contributed by atoms with Gasteiger partial charge < -0.3 is 19.8 Å². The second kappa shape index (κ2) is 7.72. The molecule has 0 fully saturated rings. The van der Waals surface area contributed by atoms with Crippen molar-refractivity contribution in [2.75, 3.05) is 0 Å². The van der Waals surface area contributed by atoms with Crippen molar-refractivity contribution in [3.05, 3.63) is 53.5 Å². The van der Waals surface area contributed by atoms with Crippen LogP contribution in [-0.4, -0.2) is 12.1 Å². The summed E-state index contributed by atoms with van der Waals surface area (Å²) in [5.74, 6) is 2.40. The third-order valence-electron chi connectivity index (χ3n) is 3.28. The van der Waals surface area contributed by atoms with Gasteiger partial charge in [0.15, 0.2) is 0 Å². The molecule has 124 valence electrons. The first-order chi connectivity index (χ1) is 10.9. The average molecular weight is 316 g/mol. The van der Waals surface area contributed by atoms with E-state index in [9.17, 15) is 4.79 Å². The molecule has 1 atom stereocenters. The fraction of sp³-hybridized carbons (Fsp3) is 0.389. The summed E-state index contributed by atoms with van der Waals surface area (Å²) in [6, 6.07) is 11.0. The van der Waals surface area contributed by atoms with Crippen LogP contribution in [0.5, 0.6) is 5.75 Å². The molecule has 0 bridgehead atoms. The van der Waals surface area contributed by atoms with Gasteiger partial charge in [-0.25, -0.2) is 4.79 Å². The van der Waals surface area contributed by atoms with Crippen LogP contribution in [0.25, 0.3) is 0 Å². The fourth-order valence-corrected chi connectivity index (χ4v) is 2.15. The summed E-state index contributed by atoms with van der Waals surface area (Å²) in [5.41, 5.74) is 1.01. The Labute approximate surface area is 137 Å². The molecule has 1 unspecified atom stereocenters. The molecular formula is C18H24N2O3. The lowest BCUT2D eigenvalue weighted by Gasteiger charge is -2.13. The Bertz CT molecular complexity index is 632. The van der Waals surface area contributed by atoms with Crippen LogP contribution in [0.4, 0.5) is 4.79 Å². The van der Waals surface area contributed by atoms with E-state index in [2.05, 4.69) is 10.6 Å². The number of amides is 2. The summed E-state index contributed by atoms with van der Waals surface area (Å²) >= 11 is 0. The summed E-state index contributed by atoms with van der Waals surface area (Å²) in [4.78, 5) is 11.9. The van der Waals surface area contributed by atoms with Crippen LogP contribution in [-0.2, 0) is 6.54 Å². The van der Waals surface area contributed by atoms with E-state index in [1.54, 1.807) is 0 Å². The Morgan fingerprint density at radius 3 is 2.39 bits per heavy atom. The zero-order chi connectivity index (χ0) is 16.8. The van der Waals surface area contributed by atoms with Crippen LogP contribution < -0.4 is 15.4 Å². The molecule has 1 aromatic heterocycles. The number of carbonyl (C=O) groups excluding carboxylic acids is 1. The highest BCUT2D eigenvalue weighted by Gasteiger charge is 2.12. The van der Waals surface area contributed by atoms with Crippen LogP contribution >= 0.6 is 0 Å². The van der Waals surface area contributed by atoms with Gasteiger partial charge in [-0.1, -0.05) is 12.1 Å². The summed E-state index contributed by atoms with van der Waals surface area (Å²) in [7, 11) is 0. The van der Waals surface area contributed by atoms with E-state index in [-0.39, 0.29) is 18.2 Å². The smallest absolute Gasteiger partial charge is 0.315 e. The highest BCUT2D eigenvalue weighted by Crippen LogP contribution is 2.16. The van der Waals surface area contributed by atoms with E-state index < -0.39 is 0 Å². The van der Waals surface area contributed by atoms with Gasteiger partial charge in [0, 0.05) is 6.54 Å². The number of hydrogen-bond acceptors (Lipinski definition) is 3. The Morgan fingerprint density at radius 1 is 1.13 bits per heavy atom. The number of nitrogens with one attached hydrogen (secondary N) is 2. The molecule has 0 spiro atoms. The monoisotopic (exact) mass is 316 g/mol. The Morgan fingerprint density at radius 2 is 1.83 bits per heavy atom. The van der Waals surface area contributed by atoms with Gasteiger partial charge >= 0.3 is 6.03 Å². The van der Waals surface area contributed by atoms with E-state index >= 15 is 0 Å². The van der Waals surface area contributed by atoms with Crippen molar-refractivity contribution in [1.29, 1.82) is 0 Å². The largest absolute Gasteiger partial charge is 0.491 e. The molecule has 0 aliphatic carbocycles. The zero-order valence-corrected chi connectivity index (χ0v) is 14.1. The summed E-state index contributed by atoms with van der Waals surface area (Å²) in [6.07, 6.45) is 0.150. The van der Waals surface area contributed by atoms with Crippen molar-refractivity contribution in [2.24, 2.45) is 0 Å². The number of aryl methyl sites for hydroxylation is 1. The molecule has 23 heavy (non-hydrogen) atoms. The van der Waals surface area contributed by atoms with Crippen LogP contribution in [0.15, 0.2) is 40.8 Å². The number of rotatable bonds is 6. The summed E-state index contributed by atoms with van der Waals surface area (Å²) in [6.45, 7) is 8.19. The molecule has 0 saturated heterocycles. The topological polar surface area (TPSA) is 63.5 Å². The second-order valence-corrected chi connectivity index (χ2v) is 5.81. The van der Waals surface area contributed by atoms with Crippen molar-refractivity contribution in [1.82, 2.24) is 10.6 Å². The number of carbonyl (C=O) groups is 1. The predicted octanol–water partition coefficient (Wildman–Crippen LogP) is 3.94. The van der Waals surface area contributed by atoms with Crippen molar-refractivity contribution in [3.63, 3.8) is 0 Å². The number of hydrogen-bond donors (Lipinski definition) is 2. The maximum Gasteiger partial charge on any atom is 0.315 e. The van der Waals surface area contributed by atoms with Gasteiger partial charge in [-0.3, -0.25) is 0 Å². The van der Waals surface area contributed by atoms with Gasteiger partial charge in [-0.2, -0.15) is 0 Å². The van der Waals surface area contributed by atoms with Gasteiger partial charge in [0.25, 0.3) is 0 Å². The number of urea groups is 1. The Hall–Kier alpha value is -2.43. The molecule has 5 heteroatoms. The third kappa shape index (κ3) is 5.36. The van der Waals surface area contributed by atoms with Gasteiger partial charge in [0.05, 0.1) is 12.1 Å². The molecule has 5 nitrogen and oxygen atoms in total. The molecule has 2 amide bonds. The lowest BCUT2D eigenvalue weighted by atomic mass is 10.2. The average Bonchev–Trinajstić information content (AvgIpc) is 2.93. The highest BCUT2D eigenvalue weighted by atomic mass is 16.5. The Kier molecular flexibility index (Phi) is 5.68. The standard InChI is InChI=1S/C18H24N2O3/c1-12(2)22-16-8-6-15(7-9-16)11-19-18(21)20-14(4)17-10-5-13(3)23-17/h5-10,12,14H,11H2,1-4H3,(H2,19,20,21). The van der Waals surface area contributed by atoms with Crippen molar-refractivity contribution in [3.8, 4) is 5.75 Å². The highest BCUT2D eigenvalue weighted by molar-refractivity contribution is 5.74.